The highest BCUT2D eigenvalue weighted by Gasteiger charge is 2.13. The number of aromatic nitrogens is 4. The lowest BCUT2D eigenvalue weighted by molar-refractivity contribution is 0.427. The van der Waals surface area contributed by atoms with E-state index in [-0.39, 0.29) is 17.2 Å². The number of nitrogens with zero attached hydrogens (tertiary/aromatic N) is 4. The maximum Gasteiger partial charge on any atom is 0.261 e. The molecular weight excluding hydrogens is 397 g/mol. The molecule has 156 valence electrons. The van der Waals surface area contributed by atoms with Crippen LogP contribution in [0.5, 0.6) is 11.6 Å². The molecule has 2 aromatic carbocycles. The van der Waals surface area contributed by atoms with Crippen molar-refractivity contribution in [1.29, 1.82) is 0 Å². The predicted octanol–water partition coefficient (Wildman–Crippen LogP) is 3.80. The van der Waals surface area contributed by atoms with E-state index < -0.39 is 5.82 Å². The molecule has 0 aliphatic rings. The van der Waals surface area contributed by atoms with Crippen molar-refractivity contribution in [3.63, 3.8) is 0 Å². The molecule has 31 heavy (non-hydrogen) atoms. The van der Waals surface area contributed by atoms with Crippen LogP contribution in [0, 0.1) is 5.82 Å². The zero-order valence-corrected chi connectivity index (χ0v) is 17.0. The largest absolute Gasteiger partial charge is 0.436 e. The van der Waals surface area contributed by atoms with Gasteiger partial charge in [0.1, 0.15) is 5.82 Å². The van der Waals surface area contributed by atoms with Crippen molar-refractivity contribution < 1.29 is 9.13 Å². The van der Waals surface area contributed by atoms with Crippen molar-refractivity contribution in [2.75, 3.05) is 12.4 Å². The van der Waals surface area contributed by atoms with Crippen LogP contribution in [0.1, 0.15) is 11.4 Å². The van der Waals surface area contributed by atoms with E-state index in [1.165, 1.54) is 35.2 Å². The Morgan fingerprint density at radius 2 is 1.90 bits per heavy atom. The van der Waals surface area contributed by atoms with E-state index in [1.54, 1.807) is 20.2 Å². The summed E-state index contributed by atoms with van der Waals surface area (Å²) in [6.45, 7) is 0. The van der Waals surface area contributed by atoms with Gasteiger partial charge in [-0.05, 0) is 23.3 Å². The summed E-state index contributed by atoms with van der Waals surface area (Å²) in [7, 11) is 3.34. The zero-order chi connectivity index (χ0) is 21.8. The first-order valence-corrected chi connectivity index (χ1v) is 9.62. The van der Waals surface area contributed by atoms with Crippen LogP contribution in [0.2, 0.25) is 0 Å². The second kappa shape index (κ2) is 8.74. The Labute approximate surface area is 178 Å². The molecule has 2 heterocycles. The number of nitrogens with one attached hydrogen (secondary N) is 1. The highest BCUT2D eigenvalue weighted by molar-refractivity contribution is 5.63. The molecular formula is C23H20FN5O2. The second-order valence-electron chi connectivity index (χ2n) is 6.83. The Kier molecular flexibility index (Phi) is 5.70. The molecule has 0 fully saturated rings. The van der Waals surface area contributed by atoms with Crippen LogP contribution in [0.25, 0.3) is 11.1 Å². The van der Waals surface area contributed by atoms with Gasteiger partial charge >= 0.3 is 0 Å². The number of anilines is 1. The standard InChI is InChI=1S/C23H20FN5O2/c1-25-23-26-11-10-21(28-23)31-19-9-8-16(13-18(19)24)17-14-27-20(29(2)22(17)30)12-15-6-4-3-5-7-15/h3-11,13-14H,12H2,1-2H3,(H,25,26,28). The fourth-order valence-corrected chi connectivity index (χ4v) is 3.10. The number of benzene rings is 2. The molecule has 8 heteroatoms. The molecule has 4 rings (SSSR count). The van der Waals surface area contributed by atoms with Gasteiger partial charge in [0, 0.05) is 39.0 Å². The Balaban J connectivity index is 1.60. The molecule has 1 N–H and O–H groups in total. The molecule has 0 spiro atoms. The van der Waals surface area contributed by atoms with Gasteiger partial charge in [0.2, 0.25) is 11.8 Å². The molecule has 0 saturated carbocycles. The van der Waals surface area contributed by atoms with Crippen molar-refractivity contribution in [1.82, 2.24) is 19.5 Å². The maximum atomic E-state index is 14.7. The van der Waals surface area contributed by atoms with Gasteiger partial charge in [-0.2, -0.15) is 4.98 Å². The second-order valence-corrected chi connectivity index (χ2v) is 6.83. The van der Waals surface area contributed by atoms with Crippen LogP contribution in [0.15, 0.2) is 71.8 Å². The van der Waals surface area contributed by atoms with Gasteiger partial charge in [0.05, 0.1) is 5.56 Å². The summed E-state index contributed by atoms with van der Waals surface area (Å²) in [6, 6.07) is 15.6. The first kappa shape index (κ1) is 20.2. The molecule has 2 aromatic heterocycles. The quantitative estimate of drug-likeness (QED) is 0.514. The Morgan fingerprint density at radius 3 is 2.65 bits per heavy atom. The van der Waals surface area contributed by atoms with Gasteiger partial charge in [-0.1, -0.05) is 36.4 Å². The Morgan fingerprint density at radius 1 is 1.10 bits per heavy atom. The third-order valence-corrected chi connectivity index (χ3v) is 4.78. The maximum absolute atomic E-state index is 14.7. The van der Waals surface area contributed by atoms with Crippen LogP contribution < -0.4 is 15.6 Å². The smallest absolute Gasteiger partial charge is 0.261 e. The van der Waals surface area contributed by atoms with Gasteiger partial charge in [0.15, 0.2) is 11.6 Å². The van der Waals surface area contributed by atoms with Crippen molar-refractivity contribution in [2.45, 2.75) is 6.42 Å². The molecule has 0 aliphatic carbocycles. The predicted molar refractivity (Wildman–Crippen MR) is 116 cm³/mol. The van der Waals surface area contributed by atoms with Crippen molar-refractivity contribution in [3.8, 4) is 22.8 Å². The van der Waals surface area contributed by atoms with Gasteiger partial charge in [-0.25, -0.2) is 14.4 Å². The molecule has 7 nitrogen and oxygen atoms in total. The molecule has 0 atom stereocenters. The van der Waals surface area contributed by atoms with Crippen molar-refractivity contribution in [3.05, 3.63) is 94.5 Å². The number of rotatable bonds is 6. The minimum atomic E-state index is -0.613. The molecule has 0 amide bonds. The Hall–Kier alpha value is -4.07. The van der Waals surface area contributed by atoms with E-state index in [4.69, 9.17) is 4.74 Å². The van der Waals surface area contributed by atoms with E-state index in [2.05, 4.69) is 20.3 Å². The minimum absolute atomic E-state index is 0.00464. The highest BCUT2D eigenvalue weighted by Crippen LogP contribution is 2.27. The first-order chi connectivity index (χ1) is 15.0. The molecule has 0 radical (unpaired) electrons. The average Bonchev–Trinajstić information content (AvgIpc) is 2.79. The zero-order valence-electron chi connectivity index (χ0n) is 17.0. The lowest BCUT2D eigenvalue weighted by atomic mass is 10.1. The van der Waals surface area contributed by atoms with Crippen LogP contribution in [0.3, 0.4) is 0 Å². The van der Waals surface area contributed by atoms with E-state index in [9.17, 15) is 9.18 Å². The number of hydrogen-bond acceptors (Lipinski definition) is 6. The summed E-state index contributed by atoms with van der Waals surface area (Å²) in [5, 5.41) is 2.79. The van der Waals surface area contributed by atoms with E-state index in [1.807, 2.05) is 30.3 Å². The fraction of sp³-hybridized carbons (Fsp3) is 0.130. The van der Waals surface area contributed by atoms with Crippen LogP contribution >= 0.6 is 0 Å². The molecule has 0 saturated heterocycles. The topological polar surface area (TPSA) is 81.9 Å². The normalized spacial score (nSPS) is 10.7. The monoisotopic (exact) mass is 417 g/mol. The summed E-state index contributed by atoms with van der Waals surface area (Å²) in [5.41, 5.74) is 1.53. The number of halogens is 1. The van der Waals surface area contributed by atoms with E-state index in [0.717, 1.165) is 5.56 Å². The van der Waals surface area contributed by atoms with Gasteiger partial charge < -0.3 is 10.1 Å². The van der Waals surface area contributed by atoms with Crippen molar-refractivity contribution >= 4 is 5.95 Å². The lowest BCUT2D eigenvalue weighted by Gasteiger charge is -2.11. The third-order valence-electron chi connectivity index (χ3n) is 4.78. The Bertz CT molecular complexity index is 1270. The van der Waals surface area contributed by atoms with Gasteiger partial charge in [-0.15, -0.1) is 0 Å². The summed E-state index contributed by atoms with van der Waals surface area (Å²) in [6.07, 6.45) is 3.52. The molecule has 4 aromatic rings. The van der Waals surface area contributed by atoms with E-state index in [0.29, 0.717) is 29.3 Å². The first-order valence-electron chi connectivity index (χ1n) is 9.62. The molecule has 0 bridgehead atoms. The van der Waals surface area contributed by atoms with E-state index >= 15 is 0 Å². The SMILES string of the molecule is CNc1nccc(Oc2ccc(-c3cnc(Cc4ccccc4)n(C)c3=O)cc2F)n1. The lowest BCUT2D eigenvalue weighted by Crippen LogP contribution is -2.23. The van der Waals surface area contributed by atoms with Crippen LogP contribution in [-0.4, -0.2) is 26.6 Å². The van der Waals surface area contributed by atoms with Gasteiger partial charge in [-0.3, -0.25) is 9.36 Å². The highest BCUT2D eigenvalue weighted by atomic mass is 19.1. The minimum Gasteiger partial charge on any atom is -0.436 e. The summed E-state index contributed by atoms with van der Waals surface area (Å²) < 4.78 is 21.7. The molecule has 0 aliphatic heterocycles. The molecule has 0 unspecified atom stereocenters. The van der Waals surface area contributed by atoms with Crippen molar-refractivity contribution in [2.24, 2.45) is 7.05 Å². The average molecular weight is 417 g/mol. The summed E-state index contributed by atoms with van der Waals surface area (Å²) in [4.78, 5) is 25.4. The summed E-state index contributed by atoms with van der Waals surface area (Å²) in [5.74, 6) is 0.575. The summed E-state index contributed by atoms with van der Waals surface area (Å²) >= 11 is 0. The van der Waals surface area contributed by atoms with Crippen LogP contribution in [-0.2, 0) is 13.5 Å². The van der Waals surface area contributed by atoms with Crippen LogP contribution in [0.4, 0.5) is 10.3 Å². The fourth-order valence-electron chi connectivity index (χ4n) is 3.10. The number of hydrogen-bond donors (Lipinski definition) is 1. The van der Waals surface area contributed by atoms with Gasteiger partial charge in [0.25, 0.3) is 5.56 Å². The third kappa shape index (κ3) is 4.42. The number of ether oxygens (including phenoxy) is 1.